The molecule has 1 heterocycles. The fourth-order valence-corrected chi connectivity index (χ4v) is 9.61. The van der Waals surface area contributed by atoms with Crippen molar-refractivity contribution >= 4 is 11.9 Å². The second-order valence-electron chi connectivity index (χ2n) is 21.1. The van der Waals surface area contributed by atoms with E-state index in [2.05, 4.69) is 19.2 Å². The number of hydrogen-bond donors (Lipinski definition) is 6. The van der Waals surface area contributed by atoms with Gasteiger partial charge >= 0.3 is 5.97 Å². The molecule has 1 aliphatic heterocycles. The smallest absolute Gasteiger partial charge is 0.305 e. The highest BCUT2D eigenvalue weighted by Crippen LogP contribution is 2.23. The van der Waals surface area contributed by atoms with Gasteiger partial charge < -0.3 is 45.1 Å². The van der Waals surface area contributed by atoms with Crippen molar-refractivity contribution in [3.05, 3.63) is 12.2 Å². The second-order valence-corrected chi connectivity index (χ2v) is 21.1. The highest BCUT2D eigenvalue weighted by Gasteiger charge is 2.44. The first-order valence-corrected chi connectivity index (χ1v) is 30.0. The number of rotatable bonds is 52. The Kier molecular flexibility index (Phi) is 47.1. The summed E-state index contributed by atoms with van der Waals surface area (Å²) in [5.74, 6) is -0.186. The second kappa shape index (κ2) is 49.6. The van der Waals surface area contributed by atoms with E-state index >= 15 is 0 Å². The Morgan fingerprint density at radius 1 is 0.514 bits per heavy atom. The monoisotopic (exact) mass is 996 g/mol. The van der Waals surface area contributed by atoms with E-state index in [9.17, 15) is 35.1 Å². The zero-order valence-corrected chi connectivity index (χ0v) is 45.5. The Morgan fingerprint density at radius 2 is 0.900 bits per heavy atom. The lowest BCUT2D eigenvalue weighted by Gasteiger charge is -2.40. The number of ether oxygens (including phenoxy) is 3. The van der Waals surface area contributed by atoms with E-state index in [-0.39, 0.29) is 18.5 Å². The highest BCUT2D eigenvalue weighted by molar-refractivity contribution is 5.76. The molecular weight excluding hydrogens is 883 g/mol. The molecule has 0 bridgehead atoms. The van der Waals surface area contributed by atoms with Crippen LogP contribution in [0.25, 0.3) is 0 Å². The molecule has 1 fully saturated rings. The van der Waals surface area contributed by atoms with Crippen LogP contribution in [0.15, 0.2) is 12.2 Å². The lowest BCUT2D eigenvalue weighted by molar-refractivity contribution is -0.302. The molecule has 414 valence electrons. The predicted octanol–water partition coefficient (Wildman–Crippen LogP) is 13.6. The van der Waals surface area contributed by atoms with Crippen LogP contribution in [0.4, 0.5) is 0 Å². The number of carbonyl (C=O) groups excluding carboxylic acids is 2. The van der Waals surface area contributed by atoms with Gasteiger partial charge in [0.25, 0.3) is 0 Å². The van der Waals surface area contributed by atoms with Crippen molar-refractivity contribution in [2.75, 3.05) is 19.8 Å². The summed E-state index contributed by atoms with van der Waals surface area (Å²) in [6.45, 7) is 4.34. The lowest BCUT2D eigenvalue weighted by Crippen LogP contribution is -2.60. The molecule has 0 aromatic carbocycles. The van der Waals surface area contributed by atoms with E-state index in [1.165, 1.54) is 205 Å². The van der Waals surface area contributed by atoms with Crippen LogP contribution >= 0.6 is 0 Å². The Hall–Kier alpha value is -1.60. The summed E-state index contributed by atoms with van der Waals surface area (Å²) in [6, 6.07) is -0.809. The first kappa shape index (κ1) is 66.4. The van der Waals surface area contributed by atoms with Crippen LogP contribution in [-0.4, -0.2) is 100 Å². The van der Waals surface area contributed by atoms with Crippen LogP contribution in [0, 0.1) is 0 Å². The van der Waals surface area contributed by atoms with E-state index in [1.54, 1.807) is 6.08 Å². The van der Waals surface area contributed by atoms with Crippen molar-refractivity contribution in [1.82, 2.24) is 5.32 Å². The first-order valence-electron chi connectivity index (χ1n) is 30.0. The molecule has 1 amide bonds. The number of aliphatic hydroxyl groups is 5. The van der Waals surface area contributed by atoms with E-state index in [4.69, 9.17) is 14.2 Å². The number of nitrogens with one attached hydrogen (secondary N) is 1. The topological polar surface area (TPSA) is 175 Å². The highest BCUT2D eigenvalue weighted by atomic mass is 16.7. The Morgan fingerprint density at radius 3 is 1.33 bits per heavy atom. The summed E-state index contributed by atoms with van der Waals surface area (Å²) < 4.78 is 16.7. The molecule has 11 heteroatoms. The summed E-state index contributed by atoms with van der Waals surface area (Å²) in [4.78, 5) is 25.0. The molecule has 1 saturated heterocycles. The number of esters is 1. The fraction of sp³-hybridized carbons (Fsp3) is 0.932. The van der Waals surface area contributed by atoms with Crippen LogP contribution in [-0.2, 0) is 23.8 Å². The van der Waals surface area contributed by atoms with E-state index in [0.29, 0.717) is 19.4 Å². The number of carbonyl (C=O) groups is 2. The Labute approximate surface area is 429 Å². The summed E-state index contributed by atoms with van der Waals surface area (Å²) >= 11 is 0. The molecule has 70 heavy (non-hydrogen) atoms. The first-order chi connectivity index (χ1) is 34.2. The minimum absolute atomic E-state index is 0.00330. The Balaban J connectivity index is 2.05. The van der Waals surface area contributed by atoms with Gasteiger partial charge in [-0.3, -0.25) is 9.59 Å². The Bertz CT molecular complexity index is 1170. The minimum atomic E-state index is -1.57. The summed E-state index contributed by atoms with van der Waals surface area (Å²) in [5.41, 5.74) is 0. The molecule has 0 aliphatic carbocycles. The van der Waals surface area contributed by atoms with Crippen molar-refractivity contribution < 1.29 is 49.3 Å². The third kappa shape index (κ3) is 38.9. The average Bonchev–Trinajstić information content (AvgIpc) is 3.36. The van der Waals surface area contributed by atoms with Gasteiger partial charge in [-0.15, -0.1) is 0 Å². The summed E-state index contributed by atoms with van der Waals surface area (Å²) in [5, 5.41) is 54.3. The zero-order chi connectivity index (χ0) is 51.0. The van der Waals surface area contributed by atoms with E-state index in [0.717, 1.165) is 57.8 Å². The normalized spacial score (nSPS) is 19.2. The van der Waals surface area contributed by atoms with Gasteiger partial charge in [0.15, 0.2) is 6.29 Å². The average molecular weight is 997 g/mol. The van der Waals surface area contributed by atoms with Gasteiger partial charge in [0.05, 0.1) is 32.0 Å². The molecular formula is C59H113NO10. The molecule has 7 unspecified atom stereocenters. The number of hydrogen-bond acceptors (Lipinski definition) is 10. The summed E-state index contributed by atoms with van der Waals surface area (Å²) in [6.07, 6.45) is 47.3. The molecule has 0 aromatic heterocycles. The SMILES string of the molecule is CCCCCCCCCCC/C=C/C(O)C(COC1OC(CO)C(O)C(O)C1O)NC(=O)CCCCCCCCCCCCCCCCCCCCCCOC(=O)CCCCCCCCCCCCC. The van der Waals surface area contributed by atoms with E-state index < -0.39 is 49.5 Å². The molecule has 0 aromatic rings. The number of amides is 1. The van der Waals surface area contributed by atoms with Gasteiger partial charge in [-0.25, -0.2) is 0 Å². The maximum Gasteiger partial charge on any atom is 0.305 e. The van der Waals surface area contributed by atoms with Gasteiger partial charge in [-0.2, -0.15) is 0 Å². The van der Waals surface area contributed by atoms with Crippen molar-refractivity contribution in [2.24, 2.45) is 0 Å². The maximum atomic E-state index is 13.0. The van der Waals surface area contributed by atoms with E-state index in [1.807, 2.05) is 6.08 Å². The van der Waals surface area contributed by atoms with Crippen molar-refractivity contribution in [1.29, 1.82) is 0 Å². The van der Waals surface area contributed by atoms with Crippen molar-refractivity contribution in [2.45, 2.75) is 333 Å². The van der Waals surface area contributed by atoms with Crippen molar-refractivity contribution in [3.8, 4) is 0 Å². The summed E-state index contributed by atoms with van der Waals surface area (Å²) in [7, 11) is 0. The molecule has 7 atom stereocenters. The third-order valence-electron chi connectivity index (χ3n) is 14.4. The van der Waals surface area contributed by atoms with Gasteiger partial charge in [0.1, 0.15) is 24.4 Å². The third-order valence-corrected chi connectivity index (χ3v) is 14.4. The molecule has 0 spiro atoms. The molecule has 1 rings (SSSR count). The minimum Gasteiger partial charge on any atom is -0.466 e. The predicted molar refractivity (Wildman–Crippen MR) is 288 cm³/mol. The molecule has 6 N–H and O–H groups in total. The lowest BCUT2D eigenvalue weighted by atomic mass is 9.99. The zero-order valence-electron chi connectivity index (χ0n) is 45.5. The van der Waals surface area contributed by atoms with Crippen LogP contribution in [0.3, 0.4) is 0 Å². The number of aliphatic hydroxyl groups excluding tert-OH is 5. The van der Waals surface area contributed by atoms with Crippen LogP contribution < -0.4 is 5.32 Å². The van der Waals surface area contributed by atoms with Gasteiger partial charge in [0.2, 0.25) is 5.91 Å². The quantitative estimate of drug-likeness (QED) is 0.0195. The molecule has 0 radical (unpaired) electrons. The van der Waals surface area contributed by atoms with Gasteiger partial charge in [-0.1, -0.05) is 257 Å². The van der Waals surface area contributed by atoms with Crippen LogP contribution in [0.1, 0.15) is 290 Å². The number of allylic oxidation sites excluding steroid dienone is 1. The molecule has 1 aliphatic rings. The fourth-order valence-electron chi connectivity index (χ4n) is 9.61. The van der Waals surface area contributed by atoms with Crippen LogP contribution in [0.5, 0.6) is 0 Å². The van der Waals surface area contributed by atoms with Crippen molar-refractivity contribution in [3.63, 3.8) is 0 Å². The van der Waals surface area contributed by atoms with Crippen LogP contribution in [0.2, 0.25) is 0 Å². The number of unbranched alkanes of at least 4 members (excludes halogenated alkanes) is 38. The largest absolute Gasteiger partial charge is 0.466 e. The maximum absolute atomic E-state index is 13.0. The van der Waals surface area contributed by atoms with Gasteiger partial charge in [-0.05, 0) is 32.1 Å². The molecule has 11 nitrogen and oxygen atoms in total. The van der Waals surface area contributed by atoms with Gasteiger partial charge in [0, 0.05) is 12.8 Å². The molecule has 0 saturated carbocycles. The standard InChI is InChI=1S/C59H113NO10/c1-3-5-7-9-11-13-25-29-33-37-41-45-52(62)51(50-69-59-58(67)57(66)56(65)53(49-61)70-59)60-54(63)46-42-38-34-30-27-23-21-19-17-15-16-18-20-22-24-28-32-36-40-44-48-68-55(64)47-43-39-35-31-26-14-12-10-8-6-4-2/h41,45,51-53,56-59,61-62,65-67H,3-40,42-44,46-50H2,1-2H3,(H,60,63)/b45-41+.